The molecule has 8 heteroatoms. The summed E-state index contributed by atoms with van der Waals surface area (Å²) in [6.07, 6.45) is -3.23. The Morgan fingerprint density at radius 2 is 2.05 bits per heavy atom. The van der Waals surface area contributed by atoms with Gasteiger partial charge in [-0.15, -0.1) is 0 Å². The standard InChI is InChI=1S/C11H20F3NO3S/c1-2-18-10(16)9(15)4-7-19-6-3-5-17-8-11(12,13)14/h9H,2-8,15H2,1H3. The zero-order valence-corrected chi connectivity index (χ0v) is 11.7. The lowest BCUT2D eigenvalue weighted by Gasteiger charge is -2.10. The molecule has 0 rings (SSSR count). The normalized spacial score (nSPS) is 13.3. The van der Waals surface area contributed by atoms with Gasteiger partial charge < -0.3 is 15.2 Å². The first kappa shape index (κ1) is 18.5. The number of thioether (sulfide) groups is 1. The number of alkyl halides is 3. The van der Waals surface area contributed by atoms with E-state index in [1.807, 2.05) is 0 Å². The van der Waals surface area contributed by atoms with Crippen molar-refractivity contribution in [2.45, 2.75) is 32.0 Å². The summed E-state index contributed by atoms with van der Waals surface area (Å²) in [6, 6.07) is -0.631. The third-order valence-electron chi connectivity index (χ3n) is 2.01. The average Bonchev–Trinajstić information content (AvgIpc) is 2.31. The first-order valence-corrected chi connectivity index (χ1v) is 7.16. The Bertz CT molecular complexity index is 252. The predicted octanol–water partition coefficient (Wildman–Crippen LogP) is 1.97. The molecule has 0 aromatic heterocycles. The van der Waals surface area contributed by atoms with Crippen molar-refractivity contribution in [3.8, 4) is 0 Å². The van der Waals surface area contributed by atoms with Gasteiger partial charge in [0, 0.05) is 6.61 Å². The molecule has 0 heterocycles. The first-order chi connectivity index (χ1) is 8.87. The molecule has 0 spiro atoms. The Labute approximate surface area is 115 Å². The lowest BCUT2D eigenvalue weighted by atomic mass is 10.2. The topological polar surface area (TPSA) is 61.5 Å². The summed E-state index contributed by atoms with van der Waals surface area (Å²) in [7, 11) is 0. The third-order valence-corrected chi connectivity index (χ3v) is 3.11. The molecule has 0 aromatic rings. The minimum atomic E-state index is -4.26. The van der Waals surface area contributed by atoms with Crippen molar-refractivity contribution in [3.63, 3.8) is 0 Å². The molecule has 19 heavy (non-hydrogen) atoms. The lowest BCUT2D eigenvalue weighted by molar-refractivity contribution is -0.173. The van der Waals surface area contributed by atoms with E-state index in [4.69, 9.17) is 10.5 Å². The summed E-state index contributed by atoms with van der Waals surface area (Å²) in [5.74, 6) is 0.920. The van der Waals surface area contributed by atoms with Crippen molar-refractivity contribution in [2.24, 2.45) is 5.73 Å². The highest BCUT2D eigenvalue weighted by Gasteiger charge is 2.27. The van der Waals surface area contributed by atoms with Gasteiger partial charge in [0.15, 0.2) is 0 Å². The Hall–Kier alpha value is -0.470. The summed E-state index contributed by atoms with van der Waals surface area (Å²) in [5.41, 5.74) is 5.58. The summed E-state index contributed by atoms with van der Waals surface area (Å²) in [5, 5.41) is 0. The van der Waals surface area contributed by atoms with Crippen LogP contribution in [0.5, 0.6) is 0 Å². The molecule has 0 aliphatic heterocycles. The maximum Gasteiger partial charge on any atom is 0.411 e. The second-order valence-corrected chi connectivity index (χ2v) is 5.01. The van der Waals surface area contributed by atoms with E-state index in [0.29, 0.717) is 31.0 Å². The summed E-state index contributed by atoms with van der Waals surface area (Å²) in [6.45, 7) is 0.887. The highest BCUT2D eigenvalue weighted by molar-refractivity contribution is 7.99. The second kappa shape index (κ2) is 10.3. The molecule has 1 atom stereocenters. The number of ether oxygens (including phenoxy) is 2. The van der Waals surface area contributed by atoms with Crippen LogP contribution in [0.25, 0.3) is 0 Å². The summed E-state index contributed by atoms with van der Waals surface area (Å²) >= 11 is 1.53. The van der Waals surface area contributed by atoms with Crippen LogP contribution in [0.3, 0.4) is 0 Å². The van der Waals surface area contributed by atoms with Gasteiger partial charge in [-0.1, -0.05) is 0 Å². The number of rotatable bonds is 10. The molecule has 0 radical (unpaired) electrons. The molecule has 4 nitrogen and oxygen atoms in total. The van der Waals surface area contributed by atoms with Crippen LogP contribution < -0.4 is 5.73 Å². The molecule has 114 valence electrons. The van der Waals surface area contributed by atoms with Gasteiger partial charge in [-0.25, -0.2) is 0 Å². The van der Waals surface area contributed by atoms with Gasteiger partial charge in [-0.3, -0.25) is 4.79 Å². The smallest absolute Gasteiger partial charge is 0.411 e. The van der Waals surface area contributed by atoms with Crippen LogP contribution >= 0.6 is 11.8 Å². The molecule has 0 aromatic carbocycles. The largest absolute Gasteiger partial charge is 0.465 e. The fourth-order valence-corrected chi connectivity index (χ4v) is 2.08. The monoisotopic (exact) mass is 303 g/mol. The van der Waals surface area contributed by atoms with E-state index < -0.39 is 24.8 Å². The van der Waals surface area contributed by atoms with Crippen molar-refractivity contribution >= 4 is 17.7 Å². The number of hydrogen-bond donors (Lipinski definition) is 1. The molecule has 0 saturated carbocycles. The van der Waals surface area contributed by atoms with Gasteiger partial charge in [0.25, 0.3) is 0 Å². The Morgan fingerprint density at radius 1 is 1.37 bits per heavy atom. The quantitative estimate of drug-likeness (QED) is 0.494. The first-order valence-electron chi connectivity index (χ1n) is 6.01. The van der Waals surface area contributed by atoms with Crippen LogP contribution in [0.4, 0.5) is 13.2 Å². The van der Waals surface area contributed by atoms with Crippen molar-refractivity contribution in [1.82, 2.24) is 0 Å². The van der Waals surface area contributed by atoms with Gasteiger partial charge in [0.05, 0.1) is 6.61 Å². The number of carbonyl (C=O) groups excluding carboxylic acids is 1. The molecule has 1 unspecified atom stereocenters. The van der Waals surface area contributed by atoms with E-state index in [0.717, 1.165) is 0 Å². The summed E-state index contributed by atoms with van der Waals surface area (Å²) < 4.78 is 44.4. The highest BCUT2D eigenvalue weighted by Crippen LogP contribution is 2.14. The lowest BCUT2D eigenvalue weighted by Crippen LogP contribution is -2.32. The van der Waals surface area contributed by atoms with E-state index in [-0.39, 0.29) is 6.61 Å². The Kier molecular flexibility index (Phi) is 10.1. The van der Waals surface area contributed by atoms with Crippen LogP contribution in [0, 0.1) is 0 Å². The van der Waals surface area contributed by atoms with E-state index in [1.54, 1.807) is 6.92 Å². The van der Waals surface area contributed by atoms with Gasteiger partial charge in [-0.2, -0.15) is 24.9 Å². The molecule has 0 fully saturated rings. The molecule has 0 bridgehead atoms. The number of halogens is 3. The van der Waals surface area contributed by atoms with Crippen molar-refractivity contribution in [2.75, 3.05) is 31.3 Å². The minimum Gasteiger partial charge on any atom is -0.465 e. The fraction of sp³-hybridized carbons (Fsp3) is 0.909. The van der Waals surface area contributed by atoms with Gasteiger partial charge in [-0.05, 0) is 31.3 Å². The maximum absolute atomic E-state index is 11.7. The zero-order valence-electron chi connectivity index (χ0n) is 10.9. The maximum atomic E-state index is 11.7. The molecule has 0 amide bonds. The van der Waals surface area contributed by atoms with Crippen molar-refractivity contribution in [1.29, 1.82) is 0 Å². The number of esters is 1. The van der Waals surface area contributed by atoms with E-state index in [1.165, 1.54) is 11.8 Å². The number of nitrogens with two attached hydrogens (primary N) is 1. The third kappa shape index (κ3) is 12.3. The molecular weight excluding hydrogens is 283 g/mol. The van der Waals surface area contributed by atoms with Crippen LogP contribution in [0.2, 0.25) is 0 Å². The SMILES string of the molecule is CCOC(=O)C(N)CCSCCCOCC(F)(F)F. The van der Waals surface area contributed by atoms with Crippen LogP contribution in [0.1, 0.15) is 19.8 Å². The van der Waals surface area contributed by atoms with E-state index in [2.05, 4.69) is 4.74 Å². The van der Waals surface area contributed by atoms with Gasteiger partial charge in [0.2, 0.25) is 0 Å². The minimum absolute atomic E-state index is 0.0798. The number of hydrogen-bond acceptors (Lipinski definition) is 5. The van der Waals surface area contributed by atoms with Gasteiger partial charge >= 0.3 is 12.1 Å². The fourth-order valence-electron chi connectivity index (χ4n) is 1.13. The van der Waals surface area contributed by atoms with E-state index in [9.17, 15) is 18.0 Å². The van der Waals surface area contributed by atoms with E-state index >= 15 is 0 Å². The van der Waals surface area contributed by atoms with Gasteiger partial charge in [0.1, 0.15) is 12.6 Å². The highest BCUT2D eigenvalue weighted by atomic mass is 32.2. The Balaban J connectivity index is 3.34. The summed E-state index contributed by atoms with van der Waals surface area (Å²) in [4.78, 5) is 11.2. The van der Waals surface area contributed by atoms with Crippen molar-refractivity contribution < 1.29 is 27.4 Å². The Morgan fingerprint density at radius 3 is 2.63 bits per heavy atom. The number of carbonyl (C=O) groups is 1. The molecule has 0 aliphatic carbocycles. The molecule has 0 saturated heterocycles. The van der Waals surface area contributed by atoms with Crippen molar-refractivity contribution in [3.05, 3.63) is 0 Å². The second-order valence-electron chi connectivity index (χ2n) is 3.78. The van der Waals surface area contributed by atoms with Crippen LogP contribution in [-0.4, -0.2) is 49.5 Å². The van der Waals surface area contributed by atoms with Crippen LogP contribution in [-0.2, 0) is 14.3 Å². The molecule has 0 aliphatic rings. The molecular formula is C11H20F3NO3S. The van der Waals surface area contributed by atoms with Crippen LogP contribution in [0.15, 0.2) is 0 Å². The predicted molar refractivity (Wildman–Crippen MR) is 68.0 cm³/mol. The average molecular weight is 303 g/mol. The molecule has 2 N–H and O–H groups in total. The zero-order chi connectivity index (χ0) is 14.7.